The van der Waals surface area contributed by atoms with Gasteiger partial charge in [0.2, 0.25) is 0 Å². The number of hydrogen-bond acceptors (Lipinski definition) is 9. The van der Waals surface area contributed by atoms with E-state index in [4.69, 9.17) is 4.79 Å². The molecule has 220 valence electrons. The van der Waals surface area contributed by atoms with Crippen molar-refractivity contribution in [2.45, 2.75) is 0 Å². The summed E-state index contributed by atoms with van der Waals surface area (Å²) >= 11 is 0. The molecule has 8 aromatic rings. The molecule has 0 radical (unpaired) electrons. The normalized spacial score (nSPS) is 9.18. The van der Waals surface area contributed by atoms with Crippen molar-refractivity contribution in [1.29, 1.82) is 0 Å². The first-order valence-corrected chi connectivity index (χ1v) is 12.8. The van der Waals surface area contributed by atoms with Gasteiger partial charge in [0.05, 0.1) is 44.1 Å². The number of carbonyl (C=O) groups excluding carboxylic acids is 1. The molecule has 0 amide bonds. The third-order valence-electron chi connectivity index (χ3n) is 5.48. The molecule has 0 spiro atoms. The molecular formula is C33H30N8O3. The quantitative estimate of drug-likeness (QED) is 0.243. The zero-order valence-electron chi connectivity index (χ0n) is 23.5. The zero-order chi connectivity index (χ0) is 29.2. The van der Waals surface area contributed by atoms with Gasteiger partial charge in [0, 0.05) is 49.6 Å². The molecule has 0 saturated carbocycles. The van der Waals surface area contributed by atoms with Crippen molar-refractivity contribution < 1.29 is 15.7 Å². The Morgan fingerprint density at radius 2 is 0.386 bits per heavy atom. The predicted molar refractivity (Wildman–Crippen MR) is 173 cm³/mol. The Morgan fingerprint density at radius 3 is 0.500 bits per heavy atom. The lowest BCUT2D eigenvalue weighted by molar-refractivity contribution is -0.0980. The van der Waals surface area contributed by atoms with Gasteiger partial charge in [-0.3, -0.25) is 39.9 Å². The molecule has 0 saturated heterocycles. The van der Waals surface area contributed by atoms with Crippen LogP contribution in [0.1, 0.15) is 0 Å². The standard InChI is InChI=1S/4C8H6N2.CH2O.2H2O/c4*1-3-7-8(9-5-1)4-2-6-10-7;1-2;;/h4*1-6H;1H2;2*1H2. The molecule has 0 unspecified atom stereocenters. The lowest BCUT2D eigenvalue weighted by Crippen LogP contribution is -1.78. The van der Waals surface area contributed by atoms with Crippen LogP contribution in [0.4, 0.5) is 0 Å². The first-order valence-electron chi connectivity index (χ1n) is 12.8. The smallest absolute Gasteiger partial charge is 0.106 e. The summed E-state index contributed by atoms with van der Waals surface area (Å²) in [6.45, 7) is 2.00. The van der Waals surface area contributed by atoms with E-state index in [2.05, 4.69) is 39.9 Å². The monoisotopic (exact) mass is 586 g/mol. The maximum absolute atomic E-state index is 8.00. The molecule has 0 aliphatic carbocycles. The Morgan fingerprint density at radius 1 is 0.273 bits per heavy atom. The van der Waals surface area contributed by atoms with E-state index in [1.165, 1.54) is 0 Å². The minimum atomic E-state index is 0. The van der Waals surface area contributed by atoms with Gasteiger partial charge in [-0.1, -0.05) is 0 Å². The van der Waals surface area contributed by atoms with E-state index >= 15 is 0 Å². The maximum Gasteiger partial charge on any atom is 0.106 e. The van der Waals surface area contributed by atoms with Crippen LogP contribution >= 0.6 is 0 Å². The lowest BCUT2D eigenvalue weighted by Gasteiger charge is -1.90. The number of aromatic nitrogens is 8. The van der Waals surface area contributed by atoms with Crippen LogP contribution in [0.25, 0.3) is 44.1 Å². The fraction of sp³-hybridized carbons (Fsp3) is 0. The summed E-state index contributed by atoms with van der Waals surface area (Å²) in [5.41, 5.74) is 7.59. The van der Waals surface area contributed by atoms with Gasteiger partial charge >= 0.3 is 0 Å². The molecule has 11 heteroatoms. The Bertz CT molecular complexity index is 1430. The van der Waals surface area contributed by atoms with Gasteiger partial charge in [0.25, 0.3) is 0 Å². The first-order chi connectivity index (χ1) is 20.9. The number of carbonyl (C=O) groups is 1. The van der Waals surface area contributed by atoms with Crippen LogP contribution in [0.2, 0.25) is 0 Å². The van der Waals surface area contributed by atoms with Crippen LogP contribution in [-0.4, -0.2) is 57.6 Å². The van der Waals surface area contributed by atoms with Gasteiger partial charge in [0.15, 0.2) is 0 Å². The van der Waals surface area contributed by atoms with Gasteiger partial charge in [-0.15, -0.1) is 0 Å². The SMILES string of the molecule is C=O.O.O.c1cnc2cccnc2c1.c1cnc2cccnc2c1.c1cnc2cccnc2c1.c1cnc2cccnc2c1. The number of fused-ring (bicyclic) bond motifs is 4. The molecule has 0 fully saturated rings. The van der Waals surface area contributed by atoms with Crippen LogP contribution in [0.15, 0.2) is 147 Å². The van der Waals surface area contributed by atoms with E-state index in [1.54, 1.807) is 49.6 Å². The predicted octanol–water partition coefficient (Wildman–Crippen LogP) is 4.68. The molecule has 8 aromatic heterocycles. The van der Waals surface area contributed by atoms with Crippen LogP contribution in [0, 0.1) is 0 Å². The number of nitrogens with zero attached hydrogens (tertiary/aromatic N) is 8. The second-order valence-corrected chi connectivity index (χ2v) is 8.18. The maximum atomic E-state index is 8.00. The molecule has 4 N–H and O–H groups in total. The second-order valence-electron chi connectivity index (χ2n) is 8.18. The minimum absolute atomic E-state index is 0. The fourth-order valence-corrected chi connectivity index (χ4v) is 3.62. The average molecular weight is 587 g/mol. The summed E-state index contributed by atoms with van der Waals surface area (Å²) in [5.74, 6) is 0. The minimum Gasteiger partial charge on any atom is -0.412 e. The summed E-state index contributed by atoms with van der Waals surface area (Å²) < 4.78 is 0. The Balaban J connectivity index is 0.000000198. The highest BCUT2D eigenvalue weighted by molar-refractivity contribution is 5.74. The van der Waals surface area contributed by atoms with Gasteiger partial charge in [0.1, 0.15) is 6.79 Å². The van der Waals surface area contributed by atoms with Gasteiger partial charge in [-0.2, -0.15) is 0 Å². The molecule has 8 rings (SSSR count). The van der Waals surface area contributed by atoms with Crippen molar-refractivity contribution in [2.24, 2.45) is 0 Å². The molecule has 0 aliphatic rings. The van der Waals surface area contributed by atoms with Crippen molar-refractivity contribution in [3.05, 3.63) is 147 Å². The Hall–Kier alpha value is -6.17. The number of hydrogen-bond donors (Lipinski definition) is 0. The highest BCUT2D eigenvalue weighted by atomic mass is 16.1. The van der Waals surface area contributed by atoms with Gasteiger partial charge in [-0.25, -0.2) is 0 Å². The Labute approximate surface area is 253 Å². The molecule has 11 nitrogen and oxygen atoms in total. The van der Waals surface area contributed by atoms with Crippen molar-refractivity contribution in [2.75, 3.05) is 0 Å². The molecule has 0 bridgehead atoms. The molecule has 8 heterocycles. The van der Waals surface area contributed by atoms with Crippen molar-refractivity contribution in [3.63, 3.8) is 0 Å². The first kappa shape index (κ1) is 34.0. The van der Waals surface area contributed by atoms with Crippen LogP contribution in [0.5, 0.6) is 0 Å². The summed E-state index contributed by atoms with van der Waals surface area (Å²) in [5, 5.41) is 0. The van der Waals surface area contributed by atoms with Crippen molar-refractivity contribution >= 4 is 50.9 Å². The largest absolute Gasteiger partial charge is 0.412 e. The van der Waals surface area contributed by atoms with E-state index in [-0.39, 0.29) is 11.0 Å². The third-order valence-corrected chi connectivity index (χ3v) is 5.48. The van der Waals surface area contributed by atoms with Crippen LogP contribution in [0.3, 0.4) is 0 Å². The number of rotatable bonds is 0. The lowest BCUT2D eigenvalue weighted by atomic mass is 10.3. The van der Waals surface area contributed by atoms with Crippen LogP contribution in [-0.2, 0) is 4.79 Å². The van der Waals surface area contributed by atoms with E-state index < -0.39 is 0 Å². The summed E-state index contributed by atoms with van der Waals surface area (Å²) in [4.78, 5) is 40.9. The Kier molecular flexibility index (Phi) is 14.7. The second kappa shape index (κ2) is 19.0. The molecule has 0 aliphatic heterocycles. The fourth-order valence-electron chi connectivity index (χ4n) is 3.62. The summed E-state index contributed by atoms with van der Waals surface area (Å²) in [6, 6.07) is 30.6. The highest BCUT2D eigenvalue weighted by Crippen LogP contribution is 2.06. The number of pyridine rings is 8. The zero-order valence-corrected chi connectivity index (χ0v) is 23.5. The summed E-state index contributed by atoms with van der Waals surface area (Å²) in [6.07, 6.45) is 14.1. The topological polar surface area (TPSA) is 183 Å². The summed E-state index contributed by atoms with van der Waals surface area (Å²) in [7, 11) is 0. The molecule has 0 aromatic carbocycles. The van der Waals surface area contributed by atoms with Crippen molar-refractivity contribution in [3.8, 4) is 0 Å². The van der Waals surface area contributed by atoms with E-state index in [1.807, 2.05) is 104 Å². The van der Waals surface area contributed by atoms with Crippen molar-refractivity contribution in [1.82, 2.24) is 39.9 Å². The highest BCUT2D eigenvalue weighted by Gasteiger charge is 1.90. The van der Waals surface area contributed by atoms with E-state index in [0.717, 1.165) is 44.1 Å². The van der Waals surface area contributed by atoms with Crippen LogP contribution < -0.4 is 0 Å². The average Bonchev–Trinajstić information content (AvgIpc) is 3.10. The van der Waals surface area contributed by atoms with E-state index in [9.17, 15) is 0 Å². The molecule has 44 heavy (non-hydrogen) atoms. The molecule has 0 atom stereocenters. The van der Waals surface area contributed by atoms with Gasteiger partial charge in [-0.05, 0) is 97.1 Å². The molecular weight excluding hydrogens is 556 g/mol. The van der Waals surface area contributed by atoms with Gasteiger partial charge < -0.3 is 15.7 Å². The van der Waals surface area contributed by atoms with E-state index in [0.29, 0.717) is 0 Å². The third kappa shape index (κ3) is 10.0.